The molecule has 1 aromatic carbocycles. The monoisotopic (exact) mass is 553 g/mol. The van der Waals surface area contributed by atoms with E-state index < -0.39 is 55.1 Å². The molecular formula is C26H35NO12. The molecule has 0 heterocycles. The van der Waals surface area contributed by atoms with Crippen LogP contribution >= 0.6 is 0 Å². The number of carbonyl (C=O) groups excluding carboxylic acids is 5. The number of amides is 1. The number of nitrogens with one attached hydrogen (secondary N) is 1. The van der Waals surface area contributed by atoms with E-state index in [0.29, 0.717) is 5.69 Å². The lowest BCUT2D eigenvalue weighted by Crippen LogP contribution is -2.50. The average molecular weight is 554 g/mol. The zero-order valence-corrected chi connectivity index (χ0v) is 22.7. The lowest BCUT2D eigenvalue weighted by Gasteiger charge is -2.30. The van der Waals surface area contributed by atoms with Gasteiger partial charge in [-0.05, 0) is 31.5 Å². The molecule has 1 rings (SSSR count). The van der Waals surface area contributed by atoms with Gasteiger partial charge in [0.15, 0.2) is 11.9 Å². The summed E-state index contributed by atoms with van der Waals surface area (Å²) in [5, 5.41) is 22.5. The van der Waals surface area contributed by atoms with Gasteiger partial charge < -0.3 is 39.2 Å². The van der Waals surface area contributed by atoms with E-state index in [-0.39, 0.29) is 17.2 Å². The predicted molar refractivity (Wildman–Crippen MR) is 136 cm³/mol. The quantitative estimate of drug-likeness (QED) is 0.138. The summed E-state index contributed by atoms with van der Waals surface area (Å²) in [7, 11) is 0.979. The van der Waals surface area contributed by atoms with Crippen molar-refractivity contribution in [2.45, 2.75) is 78.9 Å². The Morgan fingerprint density at radius 3 is 2.05 bits per heavy atom. The molecule has 13 heteroatoms. The van der Waals surface area contributed by atoms with Gasteiger partial charge in [-0.1, -0.05) is 6.92 Å². The molecule has 4 unspecified atom stereocenters. The number of ether oxygens (including phenoxy) is 5. The summed E-state index contributed by atoms with van der Waals surface area (Å²) in [6, 6.07) is 4.07. The Morgan fingerprint density at radius 1 is 1.03 bits per heavy atom. The van der Waals surface area contributed by atoms with Crippen molar-refractivity contribution in [1.82, 2.24) is 0 Å². The minimum Gasteiger partial charge on any atom is -0.467 e. The van der Waals surface area contributed by atoms with Crippen molar-refractivity contribution in [3.8, 4) is 18.1 Å². The molecule has 13 nitrogen and oxygen atoms in total. The molecule has 0 saturated heterocycles. The molecule has 0 spiro atoms. The molecule has 0 aliphatic carbocycles. The molecule has 4 atom stereocenters. The molecule has 216 valence electrons. The second-order valence-electron chi connectivity index (χ2n) is 7.82. The SMILES string of the molecule is C#CCCC.COC(=O)C(OC(Oc1ccc(NC(C)=O)cc1CO)C(O)OC(C)=O)C(OC(C)=O)C(C)=O. The van der Waals surface area contributed by atoms with Crippen LogP contribution in [0.15, 0.2) is 18.2 Å². The minimum atomic E-state index is -2.13. The largest absolute Gasteiger partial charge is 0.467 e. The van der Waals surface area contributed by atoms with Crippen LogP contribution in [0.5, 0.6) is 5.75 Å². The Hall–Kier alpha value is -3.99. The number of anilines is 1. The van der Waals surface area contributed by atoms with E-state index in [1.54, 1.807) is 0 Å². The van der Waals surface area contributed by atoms with Gasteiger partial charge in [-0.2, -0.15) is 0 Å². The van der Waals surface area contributed by atoms with Crippen LogP contribution in [0, 0.1) is 12.3 Å². The van der Waals surface area contributed by atoms with E-state index in [1.807, 2.05) is 0 Å². The molecule has 0 radical (unpaired) electrons. The van der Waals surface area contributed by atoms with Gasteiger partial charge in [-0.15, -0.1) is 12.3 Å². The topological polar surface area (TPSA) is 184 Å². The van der Waals surface area contributed by atoms with Crippen LogP contribution in [0.25, 0.3) is 0 Å². The van der Waals surface area contributed by atoms with Crippen molar-refractivity contribution in [2.24, 2.45) is 0 Å². The van der Waals surface area contributed by atoms with Crippen molar-refractivity contribution < 1.29 is 57.9 Å². The minimum absolute atomic E-state index is 0.0942. The van der Waals surface area contributed by atoms with E-state index >= 15 is 0 Å². The molecule has 0 fully saturated rings. The van der Waals surface area contributed by atoms with Crippen LogP contribution < -0.4 is 10.1 Å². The van der Waals surface area contributed by atoms with Crippen molar-refractivity contribution >= 4 is 35.3 Å². The number of hydrogen-bond acceptors (Lipinski definition) is 12. The normalized spacial score (nSPS) is 13.1. The highest BCUT2D eigenvalue weighted by atomic mass is 16.8. The summed E-state index contributed by atoms with van der Waals surface area (Å²) in [4.78, 5) is 58.4. The second kappa shape index (κ2) is 18.3. The number of benzene rings is 1. The fraction of sp³-hybridized carbons (Fsp3) is 0.500. The van der Waals surface area contributed by atoms with E-state index in [2.05, 4.69) is 27.6 Å². The average Bonchev–Trinajstić information content (AvgIpc) is 2.85. The number of esters is 3. The second-order valence-corrected chi connectivity index (χ2v) is 7.82. The molecule has 1 amide bonds. The molecular weight excluding hydrogens is 518 g/mol. The van der Waals surface area contributed by atoms with Crippen molar-refractivity contribution in [3.63, 3.8) is 0 Å². The molecule has 0 bridgehead atoms. The number of rotatable bonds is 13. The maximum absolute atomic E-state index is 12.3. The van der Waals surface area contributed by atoms with Crippen LogP contribution in [0.3, 0.4) is 0 Å². The first-order valence-corrected chi connectivity index (χ1v) is 11.7. The third-order valence-corrected chi connectivity index (χ3v) is 4.39. The van der Waals surface area contributed by atoms with Crippen molar-refractivity contribution in [3.05, 3.63) is 23.8 Å². The first-order valence-electron chi connectivity index (χ1n) is 11.7. The predicted octanol–water partition coefficient (Wildman–Crippen LogP) is 1.22. The number of aliphatic hydroxyl groups excluding tert-OH is 2. The van der Waals surface area contributed by atoms with Gasteiger partial charge in [0.2, 0.25) is 12.0 Å². The van der Waals surface area contributed by atoms with Gasteiger partial charge >= 0.3 is 17.9 Å². The first-order chi connectivity index (χ1) is 18.3. The fourth-order valence-corrected chi connectivity index (χ4v) is 2.80. The molecule has 39 heavy (non-hydrogen) atoms. The highest BCUT2D eigenvalue weighted by molar-refractivity contribution is 5.90. The van der Waals surface area contributed by atoms with Gasteiger partial charge in [-0.25, -0.2) is 4.79 Å². The van der Waals surface area contributed by atoms with Crippen molar-refractivity contribution in [2.75, 3.05) is 12.4 Å². The summed E-state index contributed by atoms with van der Waals surface area (Å²) in [5.41, 5.74) is 0.438. The fourth-order valence-electron chi connectivity index (χ4n) is 2.80. The highest BCUT2D eigenvalue weighted by Crippen LogP contribution is 2.26. The third-order valence-electron chi connectivity index (χ3n) is 4.39. The van der Waals surface area contributed by atoms with Crippen LogP contribution in [-0.2, 0) is 49.5 Å². The maximum Gasteiger partial charge on any atom is 0.339 e. The van der Waals surface area contributed by atoms with Crippen molar-refractivity contribution in [1.29, 1.82) is 0 Å². The Labute approximate surface area is 226 Å². The van der Waals surface area contributed by atoms with E-state index in [0.717, 1.165) is 40.7 Å². The number of methoxy groups -OCH3 is 1. The molecule has 0 aliphatic heterocycles. The number of terminal acetylenes is 1. The smallest absolute Gasteiger partial charge is 0.339 e. The van der Waals surface area contributed by atoms with E-state index in [4.69, 9.17) is 20.6 Å². The Bertz CT molecular complexity index is 1030. The Balaban J connectivity index is 0.00000263. The number of hydrogen-bond donors (Lipinski definition) is 3. The molecule has 0 aromatic heterocycles. The van der Waals surface area contributed by atoms with Crippen LogP contribution in [0.1, 0.15) is 53.0 Å². The molecule has 3 N–H and O–H groups in total. The third kappa shape index (κ3) is 13.4. The number of ketones is 1. The Kier molecular flexibility index (Phi) is 16.4. The zero-order valence-electron chi connectivity index (χ0n) is 22.7. The summed E-state index contributed by atoms with van der Waals surface area (Å²) < 4.78 is 25.1. The lowest BCUT2D eigenvalue weighted by molar-refractivity contribution is -0.257. The lowest BCUT2D eigenvalue weighted by atomic mass is 10.1. The van der Waals surface area contributed by atoms with E-state index in [9.17, 15) is 34.2 Å². The number of Topliss-reactive ketones (excluding diaryl/α,β-unsaturated/α-hetero) is 1. The number of unbranched alkanes of at least 4 members (excludes halogenated alkanes) is 1. The van der Waals surface area contributed by atoms with Gasteiger partial charge in [0.1, 0.15) is 5.75 Å². The van der Waals surface area contributed by atoms with Gasteiger partial charge in [0, 0.05) is 38.4 Å². The standard InChI is InChI=1S/C21H27NO12.C5H8/c1-10(24)17(31-12(3)26)18(19(28)30-5)34-21(20(29)32-13(4)27)33-16-7-6-15(22-11(2)25)8-14(16)9-23;1-3-5-4-2/h6-8,17-18,20-21,23,29H,9H2,1-5H3,(H,22,25);1H,4-5H2,2H3. The van der Waals surface area contributed by atoms with Crippen LogP contribution in [0.4, 0.5) is 5.69 Å². The number of aliphatic hydroxyl groups is 2. The molecule has 0 aliphatic rings. The molecule has 1 aromatic rings. The van der Waals surface area contributed by atoms with Crippen LogP contribution in [0.2, 0.25) is 0 Å². The van der Waals surface area contributed by atoms with Gasteiger partial charge in [0.25, 0.3) is 12.6 Å². The highest BCUT2D eigenvalue weighted by Gasteiger charge is 2.41. The Morgan fingerprint density at radius 2 is 1.64 bits per heavy atom. The first kappa shape index (κ1) is 35.0. The molecule has 0 saturated carbocycles. The summed E-state index contributed by atoms with van der Waals surface area (Å²) in [6.07, 6.45) is -0.868. The van der Waals surface area contributed by atoms with Gasteiger partial charge in [-0.3, -0.25) is 19.2 Å². The summed E-state index contributed by atoms with van der Waals surface area (Å²) >= 11 is 0. The van der Waals surface area contributed by atoms with E-state index in [1.165, 1.54) is 25.1 Å². The number of carbonyl (C=O) groups is 5. The van der Waals surface area contributed by atoms with Gasteiger partial charge in [0.05, 0.1) is 13.7 Å². The van der Waals surface area contributed by atoms with Crippen LogP contribution in [-0.4, -0.2) is 71.7 Å². The zero-order chi connectivity index (χ0) is 30.1. The summed E-state index contributed by atoms with van der Waals surface area (Å²) in [5.74, 6) is -1.74. The maximum atomic E-state index is 12.3. The summed E-state index contributed by atoms with van der Waals surface area (Å²) in [6.45, 7) is 5.77.